The van der Waals surface area contributed by atoms with Crippen molar-refractivity contribution in [3.05, 3.63) is 35.4 Å². The number of carbonyl (C=O) groups excluding carboxylic acids is 1. The van der Waals surface area contributed by atoms with Gasteiger partial charge in [-0.3, -0.25) is 0 Å². The van der Waals surface area contributed by atoms with E-state index >= 15 is 0 Å². The highest BCUT2D eigenvalue weighted by Crippen LogP contribution is 2.23. The standard InChI is InChI=1S/C14H18O6/c1-14(2,3)20-13(19)9-7-5-4-6-8(9)10(15)11(16)12(17)18/h4-7,10-11,15-16H,1-3H3,(H,17,18). The lowest BCUT2D eigenvalue weighted by atomic mass is 9.98. The summed E-state index contributed by atoms with van der Waals surface area (Å²) in [6.07, 6.45) is -3.73. The molecule has 6 heteroatoms. The summed E-state index contributed by atoms with van der Waals surface area (Å²) in [7, 11) is 0. The van der Waals surface area contributed by atoms with Gasteiger partial charge in [0.05, 0.1) is 5.56 Å². The Balaban J connectivity index is 3.11. The molecular weight excluding hydrogens is 264 g/mol. The topological polar surface area (TPSA) is 104 Å². The number of hydrogen-bond donors (Lipinski definition) is 3. The molecule has 0 heterocycles. The number of esters is 1. The lowest BCUT2D eigenvalue weighted by molar-refractivity contribution is -0.153. The van der Waals surface area contributed by atoms with E-state index in [0.29, 0.717) is 0 Å². The molecule has 0 spiro atoms. The summed E-state index contributed by atoms with van der Waals surface area (Å²) in [6, 6.07) is 5.86. The van der Waals surface area contributed by atoms with Crippen LogP contribution in [0.3, 0.4) is 0 Å². The van der Waals surface area contributed by atoms with Gasteiger partial charge < -0.3 is 20.1 Å². The molecule has 0 saturated heterocycles. The molecule has 0 aromatic heterocycles. The molecule has 1 aromatic rings. The first-order chi connectivity index (χ1) is 9.13. The van der Waals surface area contributed by atoms with E-state index in [0.717, 1.165) is 0 Å². The molecule has 2 unspecified atom stereocenters. The summed E-state index contributed by atoms with van der Waals surface area (Å²) >= 11 is 0. The van der Waals surface area contributed by atoms with Crippen molar-refractivity contribution in [3.8, 4) is 0 Å². The van der Waals surface area contributed by atoms with Gasteiger partial charge >= 0.3 is 11.9 Å². The largest absolute Gasteiger partial charge is 0.479 e. The summed E-state index contributed by atoms with van der Waals surface area (Å²) in [5, 5.41) is 27.9. The number of aliphatic hydroxyl groups is 2. The second-order valence-electron chi connectivity index (χ2n) is 5.32. The second-order valence-corrected chi connectivity index (χ2v) is 5.32. The van der Waals surface area contributed by atoms with Gasteiger partial charge in [0.25, 0.3) is 0 Å². The van der Waals surface area contributed by atoms with Gasteiger partial charge in [0.15, 0.2) is 6.10 Å². The number of carboxylic acid groups (broad SMARTS) is 1. The van der Waals surface area contributed by atoms with Crippen LogP contribution in [0.15, 0.2) is 24.3 Å². The van der Waals surface area contributed by atoms with Crippen molar-refractivity contribution in [1.29, 1.82) is 0 Å². The molecule has 1 rings (SSSR count). The number of carboxylic acids is 1. The molecule has 0 saturated carbocycles. The van der Waals surface area contributed by atoms with Crippen LogP contribution in [0.5, 0.6) is 0 Å². The van der Waals surface area contributed by atoms with Crippen LogP contribution in [-0.4, -0.2) is 39.0 Å². The number of ether oxygens (including phenoxy) is 1. The number of hydrogen-bond acceptors (Lipinski definition) is 5. The first-order valence-electron chi connectivity index (χ1n) is 6.04. The van der Waals surface area contributed by atoms with Crippen LogP contribution in [0, 0.1) is 0 Å². The van der Waals surface area contributed by atoms with E-state index in [-0.39, 0.29) is 11.1 Å². The maximum Gasteiger partial charge on any atom is 0.339 e. The van der Waals surface area contributed by atoms with Gasteiger partial charge in [-0.05, 0) is 32.4 Å². The van der Waals surface area contributed by atoms with Gasteiger partial charge in [-0.15, -0.1) is 0 Å². The first-order valence-corrected chi connectivity index (χ1v) is 6.04. The molecular formula is C14H18O6. The van der Waals surface area contributed by atoms with E-state index < -0.39 is 29.7 Å². The number of aliphatic hydroxyl groups excluding tert-OH is 2. The Hall–Kier alpha value is -1.92. The summed E-state index contributed by atoms with van der Waals surface area (Å²) in [5.41, 5.74) is -0.688. The van der Waals surface area contributed by atoms with Crippen molar-refractivity contribution < 1.29 is 29.6 Å². The molecule has 6 nitrogen and oxygen atoms in total. The molecule has 0 aliphatic heterocycles. The van der Waals surface area contributed by atoms with Gasteiger partial charge in [0, 0.05) is 0 Å². The minimum absolute atomic E-state index is 0.0108. The van der Waals surface area contributed by atoms with Crippen LogP contribution in [-0.2, 0) is 9.53 Å². The Morgan fingerprint density at radius 2 is 1.70 bits per heavy atom. The highest BCUT2D eigenvalue weighted by molar-refractivity contribution is 5.91. The van der Waals surface area contributed by atoms with Crippen molar-refractivity contribution in [2.24, 2.45) is 0 Å². The predicted molar refractivity (Wildman–Crippen MR) is 70.2 cm³/mol. The van der Waals surface area contributed by atoms with Gasteiger partial charge in [0.1, 0.15) is 11.7 Å². The zero-order valence-electron chi connectivity index (χ0n) is 11.5. The van der Waals surface area contributed by atoms with Crippen LogP contribution in [0.1, 0.15) is 42.8 Å². The van der Waals surface area contributed by atoms with Crippen LogP contribution >= 0.6 is 0 Å². The minimum atomic E-state index is -2.02. The third-order valence-corrected chi connectivity index (χ3v) is 2.45. The van der Waals surface area contributed by atoms with Crippen molar-refractivity contribution in [2.45, 2.75) is 38.6 Å². The Morgan fingerprint density at radius 1 is 1.15 bits per heavy atom. The zero-order chi connectivity index (χ0) is 15.5. The minimum Gasteiger partial charge on any atom is -0.479 e. The Morgan fingerprint density at radius 3 is 2.20 bits per heavy atom. The van der Waals surface area contributed by atoms with Crippen molar-refractivity contribution in [3.63, 3.8) is 0 Å². The quantitative estimate of drug-likeness (QED) is 0.715. The van der Waals surface area contributed by atoms with E-state index in [1.54, 1.807) is 26.8 Å². The average Bonchev–Trinajstić information content (AvgIpc) is 2.34. The molecule has 0 amide bonds. The molecule has 2 atom stereocenters. The summed E-state index contributed by atoms with van der Waals surface area (Å²) in [4.78, 5) is 22.7. The number of benzene rings is 1. The Kier molecular flexibility index (Phi) is 4.86. The monoisotopic (exact) mass is 282 g/mol. The highest BCUT2D eigenvalue weighted by Gasteiger charge is 2.29. The van der Waals surface area contributed by atoms with E-state index in [2.05, 4.69) is 0 Å². The fourth-order valence-electron chi connectivity index (χ4n) is 1.58. The summed E-state index contributed by atoms with van der Waals surface area (Å²) in [6.45, 7) is 5.07. The maximum atomic E-state index is 12.0. The zero-order valence-corrected chi connectivity index (χ0v) is 11.5. The van der Waals surface area contributed by atoms with Gasteiger partial charge in [-0.25, -0.2) is 9.59 Å². The van der Waals surface area contributed by atoms with Crippen molar-refractivity contribution in [2.75, 3.05) is 0 Å². The molecule has 110 valence electrons. The molecule has 20 heavy (non-hydrogen) atoms. The van der Waals surface area contributed by atoms with Gasteiger partial charge in [-0.2, -0.15) is 0 Å². The smallest absolute Gasteiger partial charge is 0.339 e. The molecule has 0 aliphatic rings. The number of aliphatic carboxylic acids is 1. The summed E-state index contributed by atoms with van der Waals surface area (Å²) < 4.78 is 5.18. The second kappa shape index (κ2) is 6.02. The fraction of sp³-hybridized carbons (Fsp3) is 0.429. The van der Waals surface area contributed by atoms with E-state index in [1.807, 2.05) is 0 Å². The fourth-order valence-corrected chi connectivity index (χ4v) is 1.58. The Labute approximate surface area is 116 Å². The van der Waals surface area contributed by atoms with E-state index in [4.69, 9.17) is 9.84 Å². The van der Waals surface area contributed by atoms with E-state index in [1.165, 1.54) is 18.2 Å². The first kappa shape index (κ1) is 16.1. The van der Waals surface area contributed by atoms with Crippen molar-refractivity contribution >= 4 is 11.9 Å². The average molecular weight is 282 g/mol. The normalized spacial score (nSPS) is 14.4. The maximum absolute atomic E-state index is 12.0. The number of carbonyl (C=O) groups is 2. The van der Waals surface area contributed by atoms with Crippen LogP contribution in [0.25, 0.3) is 0 Å². The lowest BCUT2D eigenvalue weighted by Crippen LogP contribution is -2.30. The molecule has 0 fully saturated rings. The van der Waals surface area contributed by atoms with Crippen LogP contribution in [0.2, 0.25) is 0 Å². The molecule has 0 bridgehead atoms. The van der Waals surface area contributed by atoms with Gasteiger partial charge in [-0.1, -0.05) is 18.2 Å². The predicted octanol–water partition coefficient (Wildman–Crippen LogP) is 1.12. The van der Waals surface area contributed by atoms with Crippen LogP contribution in [0.4, 0.5) is 0 Å². The molecule has 3 N–H and O–H groups in total. The summed E-state index contributed by atoms with van der Waals surface area (Å²) in [5.74, 6) is -2.26. The third kappa shape index (κ3) is 4.04. The van der Waals surface area contributed by atoms with Crippen molar-refractivity contribution in [1.82, 2.24) is 0 Å². The van der Waals surface area contributed by atoms with Gasteiger partial charge in [0.2, 0.25) is 0 Å². The van der Waals surface area contributed by atoms with E-state index in [9.17, 15) is 19.8 Å². The Bertz CT molecular complexity index is 503. The highest BCUT2D eigenvalue weighted by atomic mass is 16.6. The molecule has 0 radical (unpaired) electrons. The molecule has 1 aromatic carbocycles. The SMILES string of the molecule is CC(C)(C)OC(=O)c1ccccc1C(O)C(O)C(=O)O. The molecule has 0 aliphatic carbocycles. The third-order valence-electron chi connectivity index (χ3n) is 2.45. The lowest BCUT2D eigenvalue weighted by Gasteiger charge is -2.22. The number of rotatable bonds is 4. The van der Waals surface area contributed by atoms with Crippen LogP contribution < -0.4 is 0 Å².